The van der Waals surface area contributed by atoms with Crippen LogP contribution in [0.4, 0.5) is 10.1 Å². The lowest BCUT2D eigenvalue weighted by Crippen LogP contribution is -2.01. The van der Waals surface area contributed by atoms with Gasteiger partial charge < -0.3 is 10.3 Å². The second-order valence-electron chi connectivity index (χ2n) is 8.96. The number of H-pyrrole nitrogens is 2. The zero-order valence-corrected chi connectivity index (χ0v) is 20.3. The summed E-state index contributed by atoms with van der Waals surface area (Å²) < 4.78 is 13.9. The summed E-state index contributed by atoms with van der Waals surface area (Å²) in [4.78, 5) is 21.5. The van der Waals surface area contributed by atoms with Gasteiger partial charge in [-0.15, -0.1) is 0 Å². The number of halogens is 1. The van der Waals surface area contributed by atoms with E-state index in [4.69, 9.17) is 4.98 Å². The smallest absolute Gasteiger partial charge is 0.159 e. The molecule has 0 spiro atoms. The second-order valence-corrected chi connectivity index (χ2v) is 8.96. The van der Waals surface area contributed by atoms with Crippen LogP contribution in [0.5, 0.6) is 0 Å². The fraction of sp³-hybridized carbons (Fsp3) is 0.179. The summed E-state index contributed by atoms with van der Waals surface area (Å²) in [6.07, 6.45) is 12.3. The number of hydrogen-bond acceptors (Lipinski definition) is 6. The van der Waals surface area contributed by atoms with Crippen molar-refractivity contribution in [2.45, 2.75) is 26.2 Å². The molecule has 9 heteroatoms. The van der Waals surface area contributed by atoms with Gasteiger partial charge in [0.1, 0.15) is 11.5 Å². The van der Waals surface area contributed by atoms with Gasteiger partial charge in [0.25, 0.3) is 0 Å². The van der Waals surface area contributed by atoms with E-state index >= 15 is 0 Å². The minimum atomic E-state index is -0.307. The van der Waals surface area contributed by atoms with Crippen LogP contribution in [0.2, 0.25) is 0 Å². The number of benzene rings is 1. The Morgan fingerprint density at radius 2 is 1.84 bits per heavy atom. The van der Waals surface area contributed by atoms with Crippen molar-refractivity contribution in [2.24, 2.45) is 0 Å². The lowest BCUT2D eigenvalue weighted by Gasteiger charge is -2.07. The van der Waals surface area contributed by atoms with Gasteiger partial charge in [-0.25, -0.2) is 9.37 Å². The third-order valence-electron chi connectivity index (χ3n) is 6.34. The molecule has 0 saturated carbocycles. The number of hydrogen-bond donors (Lipinski definition) is 3. The van der Waals surface area contributed by atoms with Gasteiger partial charge in [0.2, 0.25) is 0 Å². The standard InChI is InChI=1S/C28H25FN8/c1-2-3-4-8-32-20-10-18(12-30-13-20)23-11-21-24(16-33-23)36-37-27(21)28-34-25-15-31-14-22(26(25)35-28)17-6-5-7-19(29)9-17/h5-7,9-16,32H,2-4,8H2,1H3,(H,34,35)(H,36,37). The van der Waals surface area contributed by atoms with Crippen LogP contribution >= 0.6 is 0 Å². The highest BCUT2D eigenvalue weighted by Crippen LogP contribution is 2.32. The van der Waals surface area contributed by atoms with Crippen molar-refractivity contribution in [1.82, 2.24) is 35.1 Å². The summed E-state index contributed by atoms with van der Waals surface area (Å²) in [6.45, 7) is 3.11. The summed E-state index contributed by atoms with van der Waals surface area (Å²) in [7, 11) is 0. The molecule has 0 fully saturated rings. The summed E-state index contributed by atoms with van der Waals surface area (Å²) in [5.41, 5.74) is 7.04. The first-order valence-corrected chi connectivity index (χ1v) is 12.3. The van der Waals surface area contributed by atoms with Crippen LogP contribution in [0.15, 0.2) is 67.4 Å². The van der Waals surface area contributed by atoms with E-state index in [2.05, 4.69) is 48.4 Å². The summed E-state index contributed by atoms with van der Waals surface area (Å²) >= 11 is 0. The number of imidazole rings is 1. The predicted octanol–water partition coefficient (Wildman–Crippen LogP) is 6.37. The van der Waals surface area contributed by atoms with Crippen molar-refractivity contribution in [3.05, 3.63) is 73.2 Å². The van der Waals surface area contributed by atoms with Gasteiger partial charge in [-0.2, -0.15) is 5.10 Å². The van der Waals surface area contributed by atoms with Gasteiger partial charge in [0.05, 0.1) is 40.3 Å². The highest BCUT2D eigenvalue weighted by Gasteiger charge is 2.17. The molecule has 0 radical (unpaired) electrons. The molecule has 8 nitrogen and oxygen atoms in total. The highest BCUT2D eigenvalue weighted by molar-refractivity contribution is 5.97. The van der Waals surface area contributed by atoms with Gasteiger partial charge in [-0.05, 0) is 36.2 Å². The minimum Gasteiger partial charge on any atom is -0.384 e. The van der Waals surface area contributed by atoms with Crippen LogP contribution in [0.25, 0.3) is 55.8 Å². The van der Waals surface area contributed by atoms with Crippen LogP contribution in [0, 0.1) is 5.82 Å². The molecule has 184 valence electrons. The van der Waals surface area contributed by atoms with Crippen LogP contribution in [0.3, 0.4) is 0 Å². The van der Waals surface area contributed by atoms with Gasteiger partial charge in [0, 0.05) is 41.6 Å². The summed E-state index contributed by atoms with van der Waals surface area (Å²) in [6, 6.07) is 10.5. The number of aromatic nitrogens is 7. The molecule has 0 amide bonds. The molecule has 0 aliphatic heterocycles. The Morgan fingerprint density at radius 1 is 0.919 bits per heavy atom. The normalized spacial score (nSPS) is 11.4. The van der Waals surface area contributed by atoms with Gasteiger partial charge in [-0.3, -0.25) is 20.1 Å². The molecular weight excluding hydrogens is 467 g/mol. The molecule has 1 aromatic carbocycles. The molecule has 6 rings (SSSR count). The van der Waals surface area contributed by atoms with Crippen molar-refractivity contribution in [2.75, 3.05) is 11.9 Å². The molecule has 0 unspecified atom stereocenters. The maximum atomic E-state index is 13.9. The first-order valence-electron chi connectivity index (χ1n) is 12.3. The highest BCUT2D eigenvalue weighted by atomic mass is 19.1. The fourth-order valence-corrected chi connectivity index (χ4v) is 4.45. The van der Waals surface area contributed by atoms with E-state index in [0.29, 0.717) is 22.6 Å². The zero-order chi connectivity index (χ0) is 25.2. The Morgan fingerprint density at radius 3 is 2.73 bits per heavy atom. The van der Waals surface area contributed by atoms with Crippen LogP contribution < -0.4 is 5.32 Å². The van der Waals surface area contributed by atoms with E-state index in [9.17, 15) is 4.39 Å². The first-order chi connectivity index (χ1) is 18.2. The monoisotopic (exact) mass is 492 g/mol. The van der Waals surface area contributed by atoms with Crippen molar-refractivity contribution >= 4 is 27.6 Å². The molecule has 0 aliphatic carbocycles. The number of aromatic amines is 2. The molecule has 0 bridgehead atoms. The molecule has 0 aliphatic rings. The van der Waals surface area contributed by atoms with Crippen LogP contribution in [0.1, 0.15) is 26.2 Å². The molecule has 3 N–H and O–H groups in total. The number of unbranched alkanes of at least 4 members (excludes halogenated alkanes) is 2. The van der Waals surface area contributed by atoms with E-state index < -0.39 is 0 Å². The third kappa shape index (κ3) is 4.51. The number of nitrogens with one attached hydrogen (secondary N) is 3. The SMILES string of the molecule is CCCCCNc1cncc(-c2cc3c(-c4nc5c(-c6cccc(F)c6)cncc5[nH]4)n[nH]c3cn2)c1. The van der Waals surface area contributed by atoms with Gasteiger partial charge in [-0.1, -0.05) is 31.9 Å². The number of rotatable bonds is 8. The van der Waals surface area contributed by atoms with Crippen molar-refractivity contribution < 1.29 is 4.39 Å². The molecule has 0 atom stereocenters. The van der Waals surface area contributed by atoms with Gasteiger partial charge >= 0.3 is 0 Å². The summed E-state index contributed by atoms with van der Waals surface area (Å²) in [5, 5.41) is 11.9. The third-order valence-corrected chi connectivity index (χ3v) is 6.34. The average molecular weight is 493 g/mol. The maximum absolute atomic E-state index is 13.9. The van der Waals surface area contributed by atoms with E-state index in [0.717, 1.165) is 51.9 Å². The topological polar surface area (TPSA) is 108 Å². The lowest BCUT2D eigenvalue weighted by molar-refractivity contribution is 0.628. The Bertz CT molecular complexity index is 1700. The van der Waals surface area contributed by atoms with E-state index in [1.165, 1.54) is 25.0 Å². The Labute approximate surface area is 212 Å². The molecule has 5 aromatic heterocycles. The average Bonchev–Trinajstić information content (AvgIpc) is 3.55. The quantitative estimate of drug-likeness (QED) is 0.213. The van der Waals surface area contributed by atoms with E-state index in [1.54, 1.807) is 24.7 Å². The molecule has 5 heterocycles. The molecular formula is C28H25FN8. The Balaban J connectivity index is 1.37. The Kier molecular flexibility index (Phi) is 6.02. The number of nitrogens with zero attached hydrogens (tertiary/aromatic N) is 5. The maximum Gasteiger partial charge on any atom is 0.159 e. The minimum absolute atomic E-state index is 0.307. The van der Waals surface area contributed by atoms with Crippen LogP contribution in [-0.4, -0.2) is 41.7 Å². The number of fused-ring (bicyclic) bond motifs is 2. The number of pyridine rings is 3. The van der Waals surface area contributed by atoms with Crippen molar-refractivity contribution in [1.29, 1.82) is 0 Å². The largest absolute Gasteiger partial charge is 0.384 e. The van der Waals surface area contributed by atoms with Crippen molar-refractivity contribution in [3.63, 3.8) is 0 Å². The Hall–Kier alpha value is -4.66. The van der Waals surface area contributed by atoms with E-state index in [-0.39, 0.29) is 5.82 Å². The fourth-order valence-electron chi connectivity index (χ4n) is 4.45. The number of anilines is 1. The predicted molar refractivity (Wildman–Crippen MR) is 143 cm³/mol. The van der Waals surface area contributed by atoms with Crippen LogP contribution in [-0.2, 0) is 0 Å². The zero-order valence-electron chi connectivity index (χ0n) is 20.3. The lowest BCUT2D eigenvalue weighted by atomic mass is 10.1. The molecule has 6 aromatic rings. The van der Waals surface area contributed by atoms with Gasteiger partial charge in [0.15, 0.2) is 5.82 Å². The second kappa shape index (κ2) is 9.77. The van der Waals surface area contributed by atoms with Crippen molar-refractivity contribution in [3.8, 4) is 33.9 Å². The summed E-state index contributed by atoms with van der Waals surface area (Å²) in [5.74, 6) is 0.284. The first kappa shape index (κ1) is 22.8. The molecule has 37 heavy (non-hydrogen) atoms. The van der Waals surface area contributed by atoms with E-state index in [1.807, 2.05) is 24.5 Å². The molecule has 0 saturated heterocycles.